The SMILES string of the molecule is CP(=O)(O)CCC(N)C(=O)O.CP(=O)(O)CCC(N)C(=O)O.N. The fourth-order valence-electron chi connectivity index (χ4n) is 1.00. The van der Waals surface area contributed by atoms with Crippen LogP contribution in [-0.2, 0) is 18.7 Å². The van der Waals surface area contributed by atoms with E-state index in [0.717, 1.165) is 0 Å². The molecule has 0 fully saturated rings. The first-order valence-corrected chi connectivity index (χ1v) is 10.8. The van der Waals surface area contributed by atoms with Gasteiger partial charge < -0.3 is 37.6 Å². The van der Waals surface area contributed by atoms with Gasteiger partial charge in [0.05, 0.1) is 0 Å². The number of rotatable bonds is 8. The molecular formula is C10H27N3O8P2. The first-order valence-electron chi connectivity index (χ1n) is 6.21. The van der Waals surface area contributed by atoms with E-state index in [0.29, 0.717) is 0 Å². The molecule has 0 heterocycles. The Hall–Kier alpha value is -0.800. The Morgan fingerprint density at radius 2 is 1.09 bits per heavy atom. The largest absolute Gasteiger partial charge is 0.480 e. The Labute approximate surface area is 134 Å². The monoisotopic (exact) mass is 379 g/mol. The van der Waals surface area contributed by atoms with Gasteiger partial charge in [0.25, 0.3) is 0 Å². The molecule has 0 saturated carbocycles. The maximum absolute atomic E-state index is 10.6. The standard InChI is InChI=1S/2C5H12NO4P.H3N/c2*1-11(9,10)3-2-4(6)5(7)8;/h2*4H,2-3,6H2,1H3,(H,7,8)(H,9,10);1H3. The first kappa shape index (κ1) is 27.1. The normalized spacial score (nSPS) is 18.0. The van der Waals surface area contributed by atoms with Crippen LogP contribution in [0.4, 0.5) is 0 Å². The summed E-state index contributed by atoms with van der Waals surface area (Å²) in [5.41, 5.74) is 10.2. The second-order valence-corrected chi connectivity index (χ2v) is 10.1. The third-order valence-electron chi connectivity index (χ3n) is 2.34. The lowest BCUT2D eigenvalue weighted by molar-refractivity contribution is -0.139. The average Bonchev–Trinajstić information content (AvgIpc) is 2.31. The molecule has 0 amide bonds. The Morgan fingerprint density at radius 1 is 0.870 bits per heavy atom. The highest BCUT2D eigenvalue weighted by Gasteiger charge is 2.17. The summed E-state index contributed by atoms with van der Waals surface area (Å²) in [5, 5.41) is 16.6. The van der Waals surface area contributed by atoms with Gasteiger partial charge in [-0.1, -0.05) is 0 Å². The summed E-state index contributed by atoms with van der Waals surface area (Å²) in [6.07, 6.45) is 0.000154. The van der Waals surface area contributed by atoms with E-state index in [9.17, 15) is 18.7 Å². The Morgan fingerprint density at radius 3 is 1.22 bits per heavy atom. The van der Waals surface area contributed by atoms with Crippen LogP contribution in [0.2, 0.25) is 0 Å². The van der Waals surface area contributed by atoms with E-state index in [2.05, 4.69) is 0 Å². The lowest BCUT2D eigenvalue weighted by Crippen LogP contribution is -2.30. The predicted octanol–water partition coefficient (Wildman–Crippen LogP) is -0.461. The van der Waals surface area contributed by atoms with Gasteiger partial charge in [-0.15, -0.1) is 0 Å². The molecule has 0 aliphatic carbocycles. The van der Waals surface area contributed by atoms with Gasteiger partial charge in [-0.3, -0.25) is 18.7 Å². The molecule has 0 radical (unpaired) electrons. The zero-order chi connectivity index (χ0) is 18.1. The quantitative estimate of drug-likeness (QED) is 0.266. The minimum atomic E-state index is -3.10. The summed E-state index contributed by atoms with van der Waals surface area (Å²) >= 11 is 0. The van der Waals surface area contributed by atoms with Crippen LogP contribution in [0.5, 0.6) is 0 Å². The van der Waals surface area contributed by atoms with Gasteiger partial charge in [-0.25, -0.2) is 0 Å². The fraction of sp³-hybridized carbons (Fsp3) is 0.800. The molecule has 0 aliphatic heterocycles. The van der Waals surface area contributed by atoms with Crippen molar-refractivity contribution in [1.82, 2.24) is 6.15 Å². The van der Waals surface area contributed by atoms with Gasteiger partial charge in [0, 0.05) is 25.7 Å². The van der Waals surface area contributed by atoms with Crippen LogP contribution in [0.25, 0.3) is 0 Å². The summed E-state index contributed by atoms with van der Waals surface area (Å²) < 4.78 is 21.3. The van der Waals surface area contributed by atoms with E-state index >= 15 is 0 Å². The molecule has 0 aromatic rings. The second kappa shape index (κ2) is 11.7. The average molecular weight is 379 g/mol. The molecule has 4 unspecified atom stereocenters. The smallest absolute Gasteiger partial charge is 0.320 e. The van der Waals surface area contributed by atoms with Crippen molar-refractivity contribution < 1.29 is 38.7 Å². The lowest BCUT2D eigenvalue weighted by atomic mass is 10.2. The lowest BCUT2D eigenvalue weighted by Gasteiger charge is -2.07. The molecule has 0 rings (SSSR count). The molecule has 0 aromatic carbocycles. The van der Waals surface area contributed by atoms with Crippen molar-refractivity contribution in [1.29, 1.82) is 0 Å². The molecule has 0 saturated heterocycles. The molecule has 0 aliphatic rings. The third kappa shape index (κ3) is 21.2. The summed E-state index contributed by atoms with van der Waals surface area (Å²) in [4.78, 5) is 37.8. The van der Waals surface area contributed by atoms with Crippen LogP contribution in [0.3, 0.4) is 0 Å². The highest BCUT2D eigenvalue weighted by Crippen LogP contribution is 2.36. The molecule has 11 N–H and O–H groups in total. The van der Waals surface area contributed by atoms with Crippen LogP contribution in [0, 0.1) is 0 Å². The van der Waals surface area contributed by atoms with Gasteiger partial charge in [0.15, 0.2) is 14.7 Å². The zero-order valence-corrected chi connectivity index (χ0v) is 15.0. The van der Waals surface area contributed by atoms with Crippen LogP contribution in [0.1, 0.15) is 12.8 Å². The number of carboxylic acids is 2. The molecule has 13 heteroatoms. The maximum Gasteiger partial charge on any atom is 0.320 e. The molecule has 4 atom stereocenters. The number of hydrogen-bond donors (Lipinski definition) is 7. The molecular weight excluding hydrogens is 352 g/mol. The summed E-state index contributed by atoms with van der Waals surface area (Å²) in [6, 6.07) is -2.06. The Bertz CT molecular complexity index is 419. The topological polar surface area (TPSA) is 236 Å². The highest BCUT2D eigenvalue weighted by atomic mass is 31.2. The van der Waals surface area contributed by atoms with Gasteiger partial charge in [-0.2, -0.15) is 0 Å². The first-order chi connectivity index (χ1) is 9.65. The van der Waals surface area contributed by atoms with Crippen molar-refractivity contribution in [2.45, 2.75) is 24.9 Å². The number of carbonyl (C=O) groups is 2. The van der Waals surface area contributed by atoms with Crippen molar-refractivity contribution >= 4 is 26.7 Å². The fourth-order valence-corrected chi connectivity index (χ4v) is 2.52. The predicted molar refractivity (Wildman–Crippen MR) is 86.7 cm³/mol. The van der Waals surface area contributed by atoms with Crippen LogP contribution < -0.4 is 17.6 Å². The van der Waals surface area contributed by atoms with Crippen LogP contribution >= 0.6 is 14.7 Å². The minimum absolute atomic E-state index is 0. The summed E-state index contributed by atoms with van der Waals surface area (Å²) in [7, 11) is -6.21. The number of aliphatic carboxylic acids is 2. The van der Waals surface area contributed by atoms with E-state index in [1.807, 2.05) is 0 Å². The van der Waals surface area contributed by atoms with Gasteiger partial charge in [-0.05, 0) is 12.8 Å². The van der Waals surface area contributed by atoms with E-state index < -0.39 is 38.8 Å². The van der Waals surface area contributed by atoms with E-state index in [1.165, 1.54) is 13.3 Å². The van der Waals surface area contributed by atoms with Gasteiger partial charge in [0.1, 0.15) is 12.1 Å². The maximum atomic E-state index is 10.6. The van der Waals surface area contributed by atoms with E-state index in [4.69, 9.17) is 31.5 Å². The Kier molecular flexibility index (Phi) is 13.8. The minimum Gasteiger partial charge on any atom is -0.480 e. The summed E-state index contributed by atoms with van der Waals surface area (Å²) in [5.74, 6) is -2.28. The van der Waals surface area contributed by atoms with Crippen molar-refractivity contribution in [2.24, 2.45) is 11.5 Å². The molecule has 11 nitrogen and oxygen atoms in total. The number of carboxylic acid groups (broad SMARTS) is 2. The van der Waals surface area contributed by atoms with Crippen molar-refractivity contribution in [3.05, 3.63) is 0 Å². The van der Waals surface area contributed by atoms with Gasteiger partial charge in [0.2, 0.25) is 0 Å². The molecule has 0 bridgehead atoms. The van der Waals surface area contributed by atoms with Crippen molar-refractivity contribution in [2.75, 3.05) is 25.7 Å². The van der Waals surface area contributed by atoms with Crippen molar-refractivity contribution in [3.8, 4) is 0 Å². The van der Waals surface area contributed by atoms with Crippen molar-refractivity contribution in [3.63, 3.8) is 0 Å². The number of hydrogen-bond acceptors (Lipinski definition) is 7. The number of nitrogens with two attached hydrogens (primary N) is 2. The zero-order valence-electron chi connectivity index (χ0n) is 13.2. The van der Waals surface area contributed by atoms with E-state index in [1.54, 1.807) is 0 Å². The van der Waals surface area contributed by atoms with E-state index in [-0.39, 0.29) is 31.3 Å². The molecule has 23 heavy (non-hydrogen) atoms. The van der Waals surface area contributed by atoms with Crippen LogP contribution in [-0.4, -0.2) is 69.7 Å². The molecule has 140 valence electrons. The molecule has 0 aromatic heterocycles. The summed E-state index contributed by atoms with van der Waals surface area (Å²) in [6.45, 7) is 2.36. The van der Waals surface area contributed by atoms with Gasteiger partial charge >= 0.3 is 11.9 Å². The molecule has 0 spiro atoms. The van der Waals surface area contributed by atoms with Crippen LogP contribution in [0.15, 0.2) is 0 Å². The highest BCUT2D eigenvalue weighted by molar-refractivity contribution is 7.57. The second-order valence-electron chi connectivity index (χ2n) is 5.02. The Balaban J connectivity index is -0.000000333. The third-order valence-corrected chi connectivity index (χ3v) is 4.52.